The number of benzene rings is 1. The molecule has 22 N–H and O–H groups in total. The van der Waals surface area contributed by atoms with Crippen molar-refractivity contribution in [3.8, 4) is 0 Å². The van der Waals surface area contributed by atoms with Crippen molar-refractivity contribution in [2.75, 3.05) is 45.8 Å². The lowest BCUT2D eigenvalue weighted by atomic mass is 9.97. The number of aryl methyl sites for hydroxylation is 1. The maximum absolute atomic E-state index is 14.3. The molecule has 2 rings (SSSR count). The molecule has 0 aromatic heterocycles. The summed E-state index contributed by atoms with van der Waals surface area (Å²) in [5.74, 6) is -7.01. The minimum atomic E-state index is -1.56. The quantitative estimate of drug-likeness (QED) is 0.0131. The molecule has 1 aromatic carbocycles. The number of unbranched alkanes of at least 4 members (excludes halogenated alkanes) is 2. The number of guanidine groups is 1. The van der Waals surface area contributed by atoms with Gasteiger partial charge in [0.2, 0.25) is 41.4 Å². The molecule has 1 fully saturated rings. The predicted molar refractivity (Wildman–Crippen MR) is 280 cm³/mol. The lowest BCUT2D eigenvalue weighted by Gasteiger charge is -2.30. The molecule has 0 aliphatic carbocycles. The van der Waals surface area contributed by atoms with Crippen LogP contribution in [0.4, 0.5) is 0 Å². The van der Waals surface area contributed by atoms with Crippen LogP contribution in [0.1, 0.15) is 102 Å². The molecule has 0 radical (unpaired) electrons. The van der Waals surface area contributed by atoms with Gasteiger partial charge in [-0.3, -0.25) is 43.3 Å². The van der Waals surface area contributed by atoms with E-state index in [9.17, 15) is 53.4 Å². The van der Waals surface area contributed by atoms with Gasteiger partial charge >= 0.3 is 5.97 Å². The molecular formula is C49H83N15O11. The summed E-state index contributed by atoms with van der Waals surface area (Å²) in [6.45, 7) is 3.26. The van der Waals surface area contributed by atoms with Gasteiger partial charge in [0.25, 0.3) is 0 Å². The Bertz CT molecular complexity index is 2120. The zero-order valence-corrected chi connectivity index (χ0v) is 43.4. The SMILES string of the molecule is Cc1ccccc1C[C@H](NC(=O)[C@@H]1CCCN1C(=O)[C@@H](CCCN)NC(=O)CNC(=O)[C@H](C)NC(=O)[C@@H](NC(=O)[C@@H](N)CCCCN)[C@@H](O)CN)C(=O)N[C@@H](CCCCN)C(=O)CC/C(=C\CCN=C(N)N)C(=O)O. The van der Waals surface area contributed by atoms with Crippen molar-refractivity contribution >= 4 is 59.1 Å². The molecule has 26 nitrogen and oxygen atoms in total. The summed E-state index contributed by atoms with van der Waals surface area (Å²) in [5, 5.41) is 35.6. The Kier molecular flexibility index (Phi) is 30.0. The minimum absolute atomic E-state index is 0.0109. The van der Waals surface area contributed by atoms with E-state index in [1.165, 1.54) is 17.9 Å². The third-order valence-corrected chi connectivity index (χ3v) is 12.6. The third kappa shape index (κ3) is 23.2. The molecule has 0 unspecified atom stereocenters. The highest BCUT2D eigenvalue weighted by atomic mass is 16.4. The second-order valence-corrected chi connectivity index (χ2v) is 18.5. The summed E-state index contributed by atoms with van der Waals surface area (Å²) in [6.07, 6.45) is 3.41. The molecule has 7 amide bonds. The lowest BCUT2D eigenvalue weighted by molar-refractivity contribution is -0.142. The Labute approximate surface area is 438 Å². The van der Waals surface area contributed by atoms with Gasteiger partial charge in [0.1, 0.15) is 30.2 Å². The van der Waals surface area contributed by atoms with E-state index in [-0.39, 0.29) is 82.5 Å². The molecule has 1 saturated heterocycles. The first-order valence-corrected chi connectivity index (χ1v) is 25.6. The molecule has 26 heteroatoms. The van der Waals surface area contributed by atoms with Crippen molar-refractivity contribution in [3.63, 3.8) is 0 Å². The maximum Gasteiger partial charge on any atom is 0.331 e. The van der Waals surface area contributed by atoms with Crippen LogP contribution in [0.2, 0.25) is 0 Å². The third-order valence-electron chi connectivity index (χ3n) is 12.6. The number of ketones is 1. The highest BCUT2D eigenvalue weighted by molar-refractivity contribution is 5.98. The number of aliphatic hydroxyl groups excluding tert-OH is 1. The fraction of sp³-hybridized carbons (Fsp3) is 0.633. The molecule has 75 heavy (non-hydrogen) atoms. The van der Waals surface area contributed by atoms with Gasteiger partial charge in [-0.05, 0) is 115 Å². The molecule has 0 bridgehead atoms. The van der Waals surface area contributed by atoms with E-state index >= 15 is 0 Å². The number of aliphatic carboxylic acids is 1. The molecule has 0 spiro atoms. The summed E-state index contributed by atoms with van der Waals surface area (Å²) < 4.78 is 0. The van der Waals surface area contributed by atoms with Crippen LogP contribution in [-0.2, 0) is 49.6 Å². The number of carbonyl (C=O) groups is 9. The van der Waals surface area contributed by atoms with Gasteiger partial charge in [-0.2, -0.15) is 0 Å². The molecule has 1 aliphatic heterocycles. The van der Waals surface area contributed by atoms with Gasteiger partial charge in [-0.1, -0.05) is 36.8 Å². The Balaban J connectivity index is 2.24. The van der Waals surface area contributed by atoms with E-state index in [1.54, 1.807) is 12.1 Å². The first-order valence-electron chi connectivity index (χ1n) is 25.6. The van der Waals surface area contributed by atoms with Crippen LogP contribution in [0.15, 0.2) is 40.9 Å². The van der Waals surface area contributed by atoms with Crippen LogP contribution in [0.25, 0.3) is 0 Å². The van der Waals surface area contributed by atoms with E-state index in [0.29, 0.717) is 51.6 Å². The Morgan fingerprint density at radius 1 is 0.773 bits per heavy atom. The van der Waals surface area contributed by atoms with Crippen molar-refractivity contribution in [2.24, 2.45) is 45.1 Å². The average Bonchev–Trinajstić information content (AvgIpc) is 3.88. The van der Waals surface area contributed by atoms with Crippen molar-refractivity contribution < 1.29 is 53.4 Å². The Hall–Kier alpha value is -6.58. The minimum Gasteiger partial charge on any atom is -0.478 e. The molecule has 1 aromatic rings. The highest BCUT2D eigenvalue weighted by Gasteiger charge is 2.39. The van der Waals surface area contributed by atoms with E-state index in [0.717, 1.165) is 11.1 Å². The molecule has 1 heterocycles. The van der Waals surface area contributed by atoms with Crippen LogP contribution >= 0.6 is 0 Å². The number of hydrogen-bond acceptors (Lipinski definition) is 16. The number of amides is 7. The number of nitrogens with one attached hydrogen (secondary N) is 6. The first-order chi connectivity index (χ1) is 35.7. The maximum atomic E-state index is 14.3. The monoisotopic (exact) mass is 1060 g/mol. The fourth-order valence-corrected chi connectivity index (χ4v) is 8.17. The number of hydrogen-bond donors (Lipinski definition) is 15. The smallest absolute Gasteiger partial charge is 0.331 e. The summed E-state index contributed by atoms with van der Waals surface area (Å²) in [7, 11) is 0. The van der Waals surface area contributed by atoms with Crippen LogP contribution in [0.3, 0.4) is 0 Å². The normalized spacial score (nSPS) is 16.2. The Morgan fingerprint density at radius 2 is 1.43 bits per heavy atom. The van der Waals surface area contributed by atoms with Crippen LogP contribution in [0, 0.1) is 6.92 Å². The number of aliphatic imine (C=N–C) groups is 1. The van der Waals surface area contributed by atoms with E-state index in [2.05, 4.69) is 36.9 Å². The first kappa shape index (κ1) is 64.5. The van der Waals surface area contributed by atoms with Crippen molar-refractivity contribution in [3.05, 3.63) is 47.0 Å². The van der Waals surface area contributed by atoms with Gasteiger partial charge in [-0.15, -0.1) is 0 Å². The number of rotatable bonds is 36. The highest BCUT2D eigenvalue weighted by Crippen LogP contribution is 2.21. The second kappa shape index (κ2) is 34.8. The number of carboxylic acid groups (broad SMARTS) is 1. The van der Waals surface area contributed by atoms with Crippen LogP contribution in [-0.4, -0.2) is 168 Å². The standard InChI is InChI=1S/C49H83N15O11/c1-29-12-3-4-13-32(29)26-36(44(70)61-34(16-6-8-22-51)38(65)20-19-31(48(74)75)14-10-24-57-49(55)56)62-45(71)37-18-11-25-64(37)47(73)35(17-9-23-52)60-40(67)28-58-42(68)30(2)59-46(72)41(39(66)27-53)63-43(69)33(54)15-5-7-21-50/h3-4,12-14,30,33-37,39,41,66H,5-11,15-28,50-54H2,1-2H3,(H,58,68)(H,59,72)(H,60,67)(H,61,70)(H,62,71)(H,63,69)(H,74,75)(H4,55,56,57)/b31-14+/t30-,33-,34-,35+,36-,37-,39-,41-/m0/s1. The topological polar surface area (TPSA) is 464 Å². The zero-order valence-electron chi connectivity index (χ0n) is 43.4. The van der Waals surface area contributed by atoms with E-state index in [4.69, 9.17) is 40.1 Å². The van der Waals surface area contributed by atoms with Gasteiger partial charge in [0.15, 0.2) is 11.7 Å². The summed E-state index contributed by atoms with van der Waals surface area (Å²) >= 11 is 0. The second-order valence-electron chi connectivity index (χ2n) is 18.5. The van der Waals surface area contributed by atoms with Crippen LogP contribution < -0.4 is 72.0 Å². The van der Waals surface area contributed by atoms with Gasteiger partial charge < -0.3 is 87.1 Å². The number of carbonyl (C=O) groups excluding carboxylic acids is 8. The van der Waals surface area contributed by atoms with Crippen molar-refractivity contribution in [2.45, 2.75) is 152 Å². The number of carboxylic acids is 1. The Morgan fingerprint density at radius 3 is 2.05 bits per heavy atom. The van der Waals surface area contributed by atoms with Crippen molar-refractivity contribution in [1.82, 2.24) is 36.8 Å². The van der Waals surface area contributed by atoms with Crippen LogP contribution in [0.5, 0.6) is 0 Å². The van der Waals surface area contributed by atoms with E-state index in [1.807, 2.05) is 19.1 Å². The average molecular weight is 1060 g/mol. The molecule has 8 atom stereocenters. The van der Waals surface area contributed by atoms with Gasteiger partial charge in [0.05, 0.1) is 24.7 Å². The molecular weight excluding hydrogens is 975 g/mol. The number of aliphatic hydroxyl groups is 1. The summed E-state index contributed by atoms with van der Waals surface area (Å²) in [5.41, 5.74) is 40.8. The number of likely N-dealkylation sites (tertiary alicyclic amines) is 1. The number of Topliss-reactive ketones (excluding diaryl/α,β-unsaturated/α-hetero) is 1. The van der Waals surface area contributed by atoms with Gasteiger partial charge in [-0.25, -0.2) is 4.79 Å². The zero-order chi connectivity index (χ0) is 56.0. The largest absolute Gasteiger partial charge is 0.478 e. The van der Waals surface area contributed by atoms with Gasteiger partial charge in [0, 0.05) is 38.0 Å². The lowest BCUT2D eigenvalue weighted by Crippen LogP contribution is -2.60. The fourth-order valence-electron chi connectivity index (χ4n) is 8.17. The summed E-state index contributed by atoms with van der Waals surface area (Å²) in [4.78, 5) is 126. The number of nitrogens with zero attached hydrogens (tertiary/aromatic N) is 2. The predicted octanol–water partition coefficient (Wildman–Crippen LogP) is -4.24. The molecule has 0 saturated carbocycles. The van der Waals surface area contributed by atoms with E-state index < -0.39 is 115 Å². The van der Waals surface area contributed by atoms with Crippen molar-refractivity contribution in [1.29, 1.82) is 0 Å². The summed E-state index contributed by atoms with van der Waals surface area (Å²) in [6, 6.07) is -1.15. The molecule has 1 aliphatic rings. The molecule has 420 valence electrons. The number of nitrogens with two attached hydrogens (primary N) is 7.